The molecular formula is C26H32N4O4S. The van der Waals surface area contributed by atoms with E-state index in [1.54, 1.807) is 14.0 Å². The molecule has 3 aromatic rings. The Labute approximate surface area is 210 Å². The number of nitrogens with zero attached hydrogens (tertiary/aromatic N) is 3. The van der Waals surface area contributed by atoms with E-state index in [1.165, 1.54) is 11.8 Å². The lowest BCUT2D eigenvalue weighted by atomic mass is 9.87. The number of aromatic nitrogens is 3. The Morgan fingerprint density at radius 2 is 1.83 bits per heavy atom. The number of benzene rings is 2. The van der Waals surface area contributed by atoms with Crippen LogP contribution in [0.1, 0.15) is 44.6 Å². The van der Waals surface area contributed by atoms with Crippen molar-refractivity contribution in [2.75, 3.05) is 24.8 Å². The zero-order chi connectivity index (χ0) is 25.4. The third kappa shape index (κ3) is 7.32. The van der Waals surface area contributed by atoms with Gasteiger partial charge in [0.1, 0.15) is 18.0 Å². The van der Waals surface area contributed by atoms with E-state index in [0.29, 0.717) is 35.6 Å². The number of ether oxygens (including phenoxy) is 2. The Morgan fingerprint density at radius 3 is 2.49 bits per heavy atom. The molecule has 0 atom stereocenters. The number of thioether (sulfide) groups is 1. The van der Waals surface area contributed by atoms with Crippen LogP contribution >= 0.6 is 11.8 Å². The minimum atomic E-state index is -0.366. The van der Waals surface area contributed by atoms with Gasteiger partial charge in [-0.3, -0.25) is 9.59 Å². The molecule has 1 N–H and O–H groups in total. The number of hydrogen-bond donors (Lipinski definition) is 1. The Bertz CT molecular complexity index is 1160. The lowest BCUT2D eigenvalue weighted by Crippen LogP contribution is -2.17. The molecule has 0 saturated heterocycles. The second-order valence-electron chi connectivity index (χ2n) is 8.95. The van der Waals surface area contributed by atoms with E-state index in [-0.39, 0.29) is 29.5 Å². The van der Waals surface area contributed by atoms with Gasteiger partial charge in [-0.15, -0.1) is 10.2 Å². The van der Waals surface area contributed by atoms with Crippen LogP contribution in [0.2, 0.25) is 0 Å². The Morgan fingerprint density at radius 1 is 1.09 bits per heavy atom. The van der Waals surface area contributed by atoms with Gasteiger partial charge in [0, 0.05) is 0 Å². The SMILES string of the molecule is CCOC(=O)Cc1nnc(SCC(=O)Nc2cc(C(C)(C)C)ccc2OC)n1Cc1ccccc1. The number of rotatable bonds is 10. The van der Waals surface area contributed by atoms with Crippen LogP contribution in [0.15, 0.2) is 53.7 Å². The molecule has 2 aromatic carbocycles. The molecule has 1 heterocycles. The summed E-state index contributed by atoms with van der Waals surface area (Å²) in [6.07, 6.45) is 0.0111. The van der Waals surface area contributed by atoms with Crippen LogP contribution in [0.5, 0.6) is 5.75 Å². The van der Waals surface area contributed by atoms with Gasteiger partial charge >= 0.3 is 5.97 Å². The fourth-order valence-electron chi connectivity index (χ4n) is 3.41. The minimum Gasteiger partial charge on any atom is -0.495 e. The summed E-state index contributed by atoms with van der Waals surface area (Å²) in [7, 11) is 1.58. The topological polar surface area (TPSA) is 95.3 Å². The standard InChI is InChI=1S/C26H32N4O4S/c1-6-34-24(32)15-22-28-29-25(30(22)16-18-10-8-7-9-11-18)35-17-23(31)27-20-14-19(26(2,3)4)12-13-21(20)33-5/h7-14H,6,15-17H2,1-5H3,(H,27,31). The second-order valence-corrected chi connectivity index (χ2v) is 9.90. The van der Waals surface area contributed by atoms with E-state index < -0.39 is 0 Å². The van der Waals surface area contributed by atoms with Gasteiger partial charge in [0.15, 0.2) is 5.16 Å². The first-order chi connectivity index (χ1) is 16.7. The number of nitrogens with one attached hydrogen (secondary N) is 1. The van der Waals surface area contributed by atoms with Crippen molar-refractivity contribution < 1.29 is 19.1 Å². The number of anilines is 1. The summed E-state index contributed by atoms with van der Waals surface area (Å²) in [4.78, 5) is 24.9. The summed E-state index contributed by atoms with van der Waals surface area (Å²) >= 11 is 1.26. The van der Waals surface area contributed by atoms with Crippen molar-refractivity contribution in [1.82, 2.24) is 14.8 Å². The van der Waals surface area contributed by atoms with Crippen LogP contribution in [0, 0.1) is 0 Å². The van der Waals surface area contributed by atoms with Crippen LogP contribution in [-0.2, 0) is 32.7 Å². The van der Waals surface area contributed by atoms with Crippen molar-refractivity contribution in [3.8, 4) is 5.75 Å². The molecule has 0 bridgehead atoms. The van der Waals surface area contributed by atoms with E-state index >= 15 is 0 Å². The van der Waals surface area contributed by atoms with Crippen molar-refractivity contribution in [2.45, 2.75) is 51.2 Å². The minimum absolute atomic E-state index is 0.0111. The van der Waals surface area contributed by atoms with Crippen LogP contribution in [-0.4, -0.2) is 46.1 Å². The number of esters is 1. The molecule has 0 radical (unpaired) electrons. The summed E-state index contributed by atoms with van der Waals surface area (Å²) in [5.74, 6) is 0.653. The molecule has 0 unspecified atom stereocenters. The fourth-order valence-corrected chi connectivity index (χ4v) is 4.17. The highest BCUT2D eigenvalue weighted by atomic mass is 32.2. The molecule has 0 aliphatic carbocycles. The molecule has 0 spiro atoms. The highest BCUT2D eigenvalue weighted by Gasteiger charge is 2.20. The Kier molecular flexibility index (Phi) is 8.92. The van der Waals surface area contributed by atoms with E-state index in [9.17, 15) is 9.59 Å². The zero-order valence-corrected chi connectivity index (χ0v) is 21.6. The van der Waals surface area contributed by atoms with E-state index in [4.69, 9.17) is 9.47 Å². The van der Waals surface area contributed by atoms with Crippen molar-refractivity contribution in [1.29, 1.82) is 0 Å². The summed E-state index contributed by atoms with van der Waals surface area (Å²) < 4.78 is 12.4. The average molecular weight is 497 g/mol. The molecular weight excluding hydrogens is 464 g/mol. The Hall–Kier alpha value is -3.33. The highest BCUT2D eigenvalue weighted by Crippen LogP contribution is 2.31. The maximum atomic E-state index is 12.8. The summed E-state index contributed by atoms with van der Waals surface area (Å²) in [6, 6.07) is 15.6. The fraction of sp³-hybridized carbons (Fsp3) is 0.385. The number of carbonyl (C=O) groups is 2. The molecule has 0 saturated carbocycles. The molecule has 1 aromatic heterocycles. The van der Waals surface area contributed by atoms with Crippen molar-refractivity contribution in [3.63, 3.8) is 0 Å². The predicted molar refractivity (Wildman–Crippen MR) is 137 cm³/mol. The van der Waals surface area contributed by atoms with Gasteiger partial charge in [0.2, 0.25) is 5.91 Å². The van der Waals surface area contributed by atoms with Crippen molar-refractivity contribution in [3.05, 3.63) is 65.5 Å². The third-order valence-electron chi connectivity index (χ3n) is 5.26. The second kappa shape index (κ2) is 11.9. The van der Waals surface area contributed by atoms with Crippen LogP contribution in [0.4, 0.5) is 5.69 Å². The van der Waals surface area contributed by atoms with Crippen LogP contribution in [0.25, 0.3) is 0 Å². The molecule has 1 amide bonds. The molecule has 35 heavy (non-hydrogen) atoms. The molecule has 3 rings (SSSR count). The quantitative estimate of drug-likeness (QED) is 0.327. The molecule has 9 heteroatoms. The molecule has 186 valence electrons. The summed E-state index contributed by atoms with van der Waals surface area (Å²) in [5.41, 5.74) is 2.68. The average Bonchev–Trinajstić information content (AvgIpc) is 3.18. The largest absolute Gasteiger partial charge is 0.495 e. The molecule has 0 fully saturated rings. The smallest absolute Gasteiger partial charge is 0.313 e. The van der Waals surface area contributed by atoms with Gasteiger partial charge in [0.05, 0.1) is 31.7 Å². The maximum Gasteiger partial charge on any atom is 0.313 e. The lowest BCUT2D eigenvalue weighted by Gasteiger charge is -2.21. The van der Waals surface area contributed by atoms with E-state index in [0.717, 1.165) is 11.1 Å². The van der Waals surface area contributed by atoms with Gasteiger partial charge in [-0.25, -0.2) is 0 Å². The molecule has 0 aliphatic rings. The first kappa shape index (κ1) is 26.3. The maximum absolute atomic E-state index is 12.8. The van der Waals surface area contributed by atoms with Gasteiger partial charge in [-0.05, 0) is 35.6 Å². The van der Waals surface area contributed by atoms with Crippen LogP contribution < -0.4 is 10.1 Å². The number of amides is 1. The summed E-state index contributed by atoms with van der Waals surface area (Å²) in [5, 5.41) is 12.0. The molecule has 0 aliphatic heterocycles. The van der Waals surface area contributed by atoms with Crippen LogP contribution in [0.3, 0.4) is 0 Å². The van der Waals surface area contributed by atoms with Gasteiger partial charge in [-0.1, -0.05) is 68.9 Å². The van der Waals surface area contributed by atoms with Crippen molar-refractivity contribution >= 4 is 29.3 Å². The van der Waals surface area contributed by atoms with Gasteiger partial charge in [0.25, 0.3) is 0 Å². The molecule has 8 nitrogen and oxygen atoms in total. The first-order valence-corrected chi connectivity index (χ1v) is 12.4. The monoisotopic (exact) mass is 496 g/mol. The number of methoxy groups -OCH3 is 1. The van der Waals surface area contributed by atoms with Gasteiger partial charge < -0.3 is 19.4 Å². The summed E-state index contributed by atoms with van der Waals surface area (Å²) in [6.45, 7) is 8.89. The van der Waals surface area contributed by atoms with E-state index in [2.05, 4.69) is 36.3 Å². The van der Waals surface area contributed by atoms with Gasteiger partial charge in [-0.2, -0.15) is 0 Å². The lowest BCUT2D eigenvalue weighted by molar-refractivity contribution is -0.142. The van der Waals surface area contributed by atoms with E-state index in [1.807, 2.05) is 53.1 Å². The third-order valence-corrected chi connectivity index (χ3v) is 6.22. The zero-order valence-electron chi connectivity index (χ0n) is 20.8. The Balaban J connectivity index is 1.76. The van der Waals surface area contributed by atoms with Crippen molar-refractivity contribution in [2.24, 2.45) is 0 Å². The first-order valence-electron chi connectivity index (χ1n) is 11.4. The number of carbonyl (C=O) groups excluding carboxylic acids is 2. The highest BCUT2D eigenvalue weighted by molar-refractivity contribution is 7.99. The number of hydrogen-bond acceptors (Lipinski definition) is 7. The normalized spacial score (nSPS) is 11.2. The predicted octanol–water partition coefficient (Wildman–Crippen LogP) is 4.47.